The highest BCUT2D eigenvalue weighted by molar-refractivity contribution is 5.94. The molecule has 0 spiro atoms. The number of benzene rings is 3. The van der Waals surface area contributed by atoms with Gasteiger partial charge in [-0.25, -0.2) is 8.78 Å². The second-order valence-corrected chi connectivity index (χ2v) is 10.2. The van der Waals surface area contributed by atoms with Crippen LogP contribution >= 0.6 is 0 Å². The van der Waals surface area contributed by atoms with Gasteiger partial charge in [0.2, 0.25) is 0 Å². The first-order valence-corrected chi connectivity index (χ1v) is 13.2. The van der Waals surface area contributed by atoms with Gasteiger partial charge in [0.15, 0.2) is 5.82 Å². The van der Waals surface area contributed by atoms with Gasteiger partial charge in [-0.3, -0.25) is 9.88 Å². The summed E-state index contributed by atoms with van der Waals surface area (Å²) in [5.74, 6) is 0.769. The molecule has 0 amide bonds. The summed E-state index contributed by atoms with van der Waals surface area (Å²) >= 11 is 0. The fourth-order valence-electron chi connectivity index (χ4n) is 5.09. The van der Waals surface area contributed by atoms with E-state index in [1.54, 1.807) is 6.20 Å². The zero-order valence-corrected chi connectivity index (χ0v) is 21.9. The lowest BCUT2D eigenvalue weighted by molar-refractivity contribution is 0.240. The van der Waals surface area contributed by atoms with Gasteiger partial charge in [0.05, 0.1) is 12.1 Å². The van der Waals surface area contributed by atoms with Crippen molar-refractivity contribution >= 4 is 16.6 Å². The second-order valence-electron chi connectivity index (χ2n) is 10.2. The van der Waals surface area contributed by atoms with Crippen LogP contribution in [0.3, 0.4) is 0 Å². The van der Waals surface area contributed by atoms with Crippen LogP contribution in [0.1, 0.15) is 31.2 Å². The third-order valence-corrected chi connectivity index (χ3v) is 7.33. The van der Waals surface area contributed by atoms with E-state index in [0.717, 1.165) is 60.5 Å². The number of fused-ring (bicyclic) bond motifs is 1. The molecule has 0 atom stereocenters. The highest BCUT2D eigenvalue weighted by Gasteiger charge is 2.21. The van der Waals surface area contributed by atoms with Gasteiger partial charge < -0.3 is 9.42 Å². The van der Waals surface area contributed by atoms with Crippen molar-refractivity contribution in [3.8, 4) is 22.6 Å². The summed E-state index contributed by atoms with van der Waals surface area (Å²) in [7, 11) is 0. The largest absolute Gasteiger partial charge is 0.368 e. The number of piperazine rings is 1. The van der Waals surface area contributed by atoms with Gasteiger partial charge in [-0.2, -0.15) is 4.98 Å². The molecule has 3 heterocycles. The van der Waals surface area contributed by atoms with Crippen LogP contribution < -0.4 is 4.90 Å². The first-order chi connectivity index (χ1) is 18.9. The third-order valence-electron chi connectivity index (χ3n) is 7.33. The lowest BCUT2D eigenvalue weighted by Crippen LogP contribution is -2.46. The van der Waals surface area contributed by atoms with Crippen LogP contribution in [0.15, 0.2) is 77.4 Å². The number of pyridine rings is 1. The molecule has 0 saturated carbocycles. The quantitative estimate of drug-likeness (QED) is 0.247. The predicted octanol–water partition coefficient (Wildman–Crippen LogP) is 6.68. The van der Waals surface area contributed by atoms with E-state index in [1.165, 1.54) is 11.6 Å². The minimum absolute atomic E-state index is 0.231. The third kappa shape index (κ3) is 5.25. The summed E-state index contributed by atoms with van der Waals surface area (Å²) in [5, 5.41) is 5.19. The van der Waals surface area contributed by atoms with E-state index in [1.807, 2.05) is 36.4 Å². The highest BCUT2D eigenvalue weighted by atomic mass is 19.1. The first kappa shape index (κ1) is 25.1. The standard InChI is InChI=1S/C31H29F2N5O/c1-20(2)21-3-5-22(6-4-21)31-35-30(36-39-31)19-37-13-15-38(16-14-37)29-11-12-34-28-17-23(7-9-25(28)29)26-18-24(32)8-10-27(26)33/h3-12,17-18,20H,13-16,19H2,1-2H3. The first-order valence-electron chi connectivity index (χ1n) is 13.2. The summed E-state index contributed by atoms with van der Waals surface area (Å²) < 4.78 is 33.6. The smallest absolute Gasteiger partial charge is 0.257 e. The topological polar surface area (TPSA) is 58.3 Å². The van der Waals surface area contributed by atoms with E-state index < -0.39 is 11.6 Å². The van der Waals surface area contributed by atoms with Crippen LogP contribution in [0.4, 0.5) is 14.5 Å². The number of hydrogen-bond acceptors (Lipinski definition) is 6. The number of hydrogen-bond donors (Lipinski definition) is 0. The van der Waals surface area contributed by atoms with Crippen LogP contribution in [-0.4, -0.2) is 46.2 Å². The average molecular weight is 526 g/mol. The highest BCUT2D eigenvalue weighted by Crippen LogP contribution is 2.31. The van der Waals surface area contributed by atoms with Crippen molar-refractivity contribution < 1.29 is 13.3 Å². The van der Waals surface area contributed by atoms with E-state index in [9.17, 15) is 8.78 Å². The molecule has 0 N–H and O–H groups in total. The van der Waals surface area contributed by atoms with Crippen LogP contribution in [0.5, 0.6) is 0 Å². The van der Waals surface area contributed by atoms with Gasteiger partial charge in [-0.05, 0) is 59.5 Å². The Morgan fingerprint density at radius 1 is 0.872 bits per heavy atom. The van der Waals surface area contributed by atoms with Crippen molar-refractivity contribution in [3.05, 3.63) is 95.9 Å². The van der Waals surface area contributed by atoms with Crippen LogP contribution in [0.25, 0.3) is 33.5 Å². The molecule has 39 heavy (non-hydrogen) atoms. The number of anilines is 1. The molecule has 0 radical (unpaired) electrons. The van der Waals surface area contributed by atoms with E-state index in [-0.39, 0.29) is 5.56 Å². The minimum atomic E-state index is -0.469. The molecule has 8 heteroatoms. The molecule has 3 aromatic carbocycles. The number of halogens is 2. The van der Waals surface area contributed by atoms with Gasteiger partial charge in [-0.1, -0.05) is 43.3 Å². The second kappa shape index (κ2) is 10.5. The van der Waals surface area contributed by atoms with Crippen molar-refractivity contribution in [3.63, 3.8) is 0 Å². The fraction of sp³-hybridized carbons (Fsp3) is 0.258. The zero-order valence-electron chi connectivity index (χ0n) is 21.9. The molecule has 6 nitrogen and oxygen atoms in total. The molecule has 1 saturated heterocycles. The van der Waals surface area contributed by atoms with Crippen LogP contribution in [-0.2, 0) is 6.54 Å². The predicted molar refractivity (Wildman–Crippen MR) is 148 cm³/mol. The number of aromatic nitrogens is 3. The van der Waals surface area contributed by atoms with Gasteiger partial charge >= 0.3 is 0 Å². The fourth-order valence-corrected chi connectivity index (χ4v) is 5.09. The summed E-state index contributed by atoms with van der Waals surface area (Å²) in [6, 6.07) is 19.4. The lowest BCUT2D eigenvalue weighted by Gasteiger charge is -2.36. The Morgan fingerprint density at radius 2 is 1.64 bits per heavy atom. The van der Waals surface area contributed by atoms with Crippen molar-refractivity contribution in [1.29, 1.82) is 0 Å². The van der Waals surface area contributed by atoms with E-state index in [2.05, 4.69) is 50.9 Å². The Kier molecular flexibility index (Phi) is 6.79. The van der Waals surface area contributed by atoms with E-state index in [4.69, 9.17) is 4.52 Å². The summed E-state index contributed by atoms with van der Waals surface area (Å²) in [6.07, 6.45) is 1.77. The van der Waals surface area contributed by atoms with Crippen LogP contribution in [0.2, 0.25) is 0 Å². The van der Waals surface area contributed by atoms with E-state index >= 15 is 0 Å². The molecule has 6 rings (SSSR count). The van der Waals surface area contributed by atoms with Crippen molar-refractivity contribution in [2.45, 2.75) is 26.3 Å². The number of rotatable bonds is 6. The van der Waals surface area contributed by atoms with Crippen molar-refractivity contribution in [2.24, 2.45) is 0 Å². The maximum absolute atomic E-state index is 14.3. The molecular formula is C31H29F2N5O. The Balaban J connectivity index is 1.13. The van der Waals surface area contributed by atoms with Crippen molar-refractivity contribution in [2.75, 3.05) is 31.1 Å². The molecule has 1 aliphatic rings. The molecule has 0 bridgehead atoms. The SMILES string of the molecule is CC(C)c1ccc(-c2nc(CN3CCN(c4ccnc5cc(-c6cc(F)ccc6F)ccc45)CC3)no2)cc1. The minimum Gasteiger partial charge on any atom is -0.368 e. The average Bonchev–Trinajstić information content (AvgIpc) is 3.42. The van der Waals surface area contributed by atoms with Gasteiger partial charge in [-0.15, -0.1) is 0 Å². The maximum Gasteiger partial charge on any atom is 0.257 e. The molecule has 198 valence electrons. The molecule has 2 aromatic heterocycles. The molecule has 1 aliphatic heterocycles. The Labute approximate surface area is 225 Å². The molecule has 0 aliphatic carbocycles. The van der Waals surface area contributed by atoms with Gasteiger partial charge in [0.1, 0.15) is 11.6 Å². The van der Waals surface area contributed by atoms with Gasteiger partial charge in [0, 0.05) is 54.6 Å². The maximum atomic E-state index is 14.3. The normalized spacial score (nSPS) is 14.4. The summed E-state index contributed by atoms with van der Waals surface area (Å²) in [5.41, 5.74) is 4.86. The number of nitrogens with zero attached hydrogens (tertiary/aromatic N) is 5. The Morgan fingerprint density at radius 3 is 2.41 bits per heavy atom. The molecule has 1 fully saturated rings. The molecule has 0 unspecified atom stereocenters. The van der Waals surface area contributed by atoms with Gasteiger partial charge in [0.25, 0.3) is 5.89 Å². The van der Waals surface area contributed by atoms with Crippen molar-refractivity contribution in [1.82, 2.24) is 20.0 Å². The summed E-state index contributed by atoms with van der Waals surface area (Å²) in [6.45, 7) is 8.34. The lowest BCUT2D eigenvalue weighted by atomic mass is 10.0. The van der Waals surface area contributed by atoms with Crippen LogP contribution in [0, 0.1) is 11.6 Å². The van der Waals surface area contributed by atoms with E-state index in [0.29, 0.717) is 29.7 Å². The molecule has 5 aromatic rings. The summed E-state index contributed by atoms with van der Waals surface area (Å²) in [4.78, 5) is 13.8. The Bertz CT molecular complexity index is 1610. The monoisotopic (exact) mass is 525 g/mol. The zero-order chi connectivity index (χ0) is 26.9. The molecular weight excluding hydrogens is 496 g/mol. The Hall–Kier alpha value is -4.17.